The Kier molecular flexibility index (Phi) is 3.88. The summed E-state index contributed by atoms with van der Waals surface area (Å²) in [7, 11) is 0. The molecule has 0 aromatic heterocycles. The number of nitrogens with zero attached hydrogens (tertiary/aromatic N) is 2. The largest absolute Gasteiger partial charge is 0.367 e. The van der Waals surface area contributed by atoms with Crippen LogP contribution in [0.3, 0.4) is 0 Å². The molecule has 2 aliphatic rings. The Labute approximate surface area is 116 Å². The first kappa shape index (κ1) is 12.7. The van der Waals surface area contributed by atoms with Crippen LogP contribution in [0.15, 0.2) is 36.9 Å². The highest BCUT2D eigenvalue weighted by molar-refractivity contribution is 5.60. The maximum absolute atomic E-state index is 3.89. The van der Waals surface area contributed by atoms with Gasteiger partial charge in [-0.25, -0.2) is 0 Å². The quantitative estimate of drug-likeness (QED) is 0.763. The van der Waals surface area contributed by atoms with Crippen molar-refractivity contribution in [3.63, 3.8) is 0 Å². The number of benzene rings is 1. The molecule has 1 unspecified atom stereocenters. The highest BCUT2D eigenvalue weighted by Crippen LogP contribution is 2.36. The Bertz CT molecular complexity index is 435. The lowest BCUT2D eigenvalue weighted by atomic mass is 9.99. The molecule has 1 fully saturated rings. The number of hydrogen-bond acceptors (Lipinski definition) is 2. The first-order valence-corrected chi connectivity index (χ1v) is 7.55. The zero-order valence-electron chi connectivity index (χ0n) is 11.7. The summed E-state index contributed by atoms with van der Waals surface area (Å²) in [5.74, 6) is 0.675. The molecule has 102 valence electrons. The zero-order valence-corrected chi connectivity index (χ0v) is 11.7. The van der Waals surface area contributed by atoms with Gasteiger partial charge in [0, 0.05) is 31.2 Å². The number of likely N-dealkylation sites (tertiary alicyclic amines) is 1. The molecule has 3 rings (SSSR count). The average molecular weight is 256 g/mol. The van der Waals surface area contributed by atoms with Gasteiger partial charge < -0.3 is 9.80 Å². The molecule has 0 amide bonds. The number of para-hydroxylation sites is 1. The van der Waals surface area contributed by atoms with Crippen molar-refractivity contribution in [2.24, 2.45) is 0 Å². The van der Waals surface area contributed by atoms with Crippen molar-refractivity contribution in [1.82, 2.24) is 4.90 Å². The van der Waals surface area contributed by atoms with Crippen molar-refractivity contribution >= 4 is 5.69 Å². The van der Waals surface area contributed by atoms with E-state index in [4.69, 9.17) is 0 Å². The van der Waals surface area contributed by atoms with Crippen LogP contribution in [-0.2, 0) is 0 Å². The van der Waals surface area contributed by atoms with Crippen molar-refractivity contribution in [2.75, 3.05) is 37.6 Å². The van der Waals surface area contributed by atoms with Crippen LogP contribution in [-0.4, -0.2) is 37.6 Å². The van der Waals surface area contributed by atoms with Crippen LogP contribution < -0.4 is 4.90 Å². The molecule has 1 saturated heterocycles. The summed E-state index contributed by atoms with van der Waals surface area (Å²) in [5.41, 5.74) is 2.96. The number of fused-ring (bicyclic) bond motifs is 1. The molecule has 1 aromatic carbocycles. The fraction of sp³-hybridized carbons (Fsp3) is 0.529. The summed E-state index contributed by atoms with van der Waals surface area (Å²) >= 11 is 0. The van der Waals surface area contributed by atoms with Gasteiger partial charge in [0.2, 0.25) is 0 Å². The summed E-state index contributed by atoms with van der Waals surface area (Å²) in [4.78, 5) is 5.12. The highest BCUT2D eigenvalue weighted by atomic mass is 15.2. The van der Waals surface area contributed by atoms with Crippen molar-refractivity contribution in [3.8, 4) is 0 Å². The second-order valence-corrected chi connectivity index (χ2v) is 5.81. The van der Waals surface area contributed by atoms with E-state index in [1.807, 2.05) is 6.08 Å². The van der Waals surface area contributed by atoms with E-state index >= 15 is 0 Å². The molecule has 2 heterocycles. The van der Waals surface area contributed by atoms with Gasteiger partial charge in [-0.15, -0.1) is 6.58 Å². The minimum Gasteiger partial charge on any atom is -0.367 e. The van der Waals surface area contributed by atoms with Gasteiger partial charge in [-0.1, -0.05) is 30.7 Å². The first-order chi connectivity index (χ1) is 9.38. The van der Waals surface area contributed by atoms with Crippen LogP contribution >= 0.6 is 0 Å². The van der Waals surface area contributed by atoms with Crippen molar-refractivity contribution < 1.29 is 0 Å². The molecule has 2 heteroatoms. The maximum atomic E-state index is 3.89. The lowest BCUT2D eigenvalue weighted by Gasteiger charge is -2.29. The molecule has 0 radical (unpaired) electrons. The van der Waals surface area contributed by atoms with Crippen molar-refractivity contribution in [3.05, 3.63) is 42.5 Å². The molecule has 0 aliphatic carbocycles. The van der Waals surface area contributed by atoms with E-state index in [0.717, 1.165) is 13.1 Å². The van der Waals surface area contributed by atoms with E-state index in [1.165, 1.54) is 50.1 Å². The lowest BCUT2D eigenvalue weighted by molar-refractivity contribution is 0.218. The van der Waals surface area contributed by atoms with Gasteiger partial charge in [0.25, 0.3) is 0 Å². The summed E-state index contributed by atoms with van der Waals surface area (Å²) < 4.78 is 0. The molecule has 0 spiro atoms. The minimum atomic E-state index is 0.675. The third kappa shape index (κ3) is 2.69. The summed E-state index contributed by atoms with van der Waals surface area (Å²) in [6.07, 6.45) is 6.19. The zero-order chi connectivity index (χ0) is 13.1. The van der Waals surface area contributed by atoms with Gasteiger partial charge in [-0.2, -0.15) is 0 Å². The van der Waals surface area contributed by atoms with E-state index in [9.17, 15) is 0 Å². The van der Waals surface area contributed by atoms with Crippen LogP contribution in [0, 0.1) is 0 Å². The predicted octanol–water partition coefficient (Wildman–Crippen LogP) is 3.26. The Balaban J connectivity index is 1.74. The molecule has 19 heavy (non-hydrogen) atoms. The van der Waals surface area contributed by atoms with Crippen molar-refractivity contribution in [2.45, 2.75) is 25.2 Å². The van der Waals surface area contributed by atoms with Crippen LogP contribution in [0.4, 0.5) is 5.69 Å². The first-order valence-electron chi connectivity index (χ1n) is 7.55. The Morgan fingerprint density at radius 2 is 1.95 bits per heavy atom. The van der Waals surface area contributed by atoms with E-state index in [1.54, 1.807) is 0 Å². The Morgan fingerprint density at radius 3 is 2.74 bits per heavy atom. The van der Waals surface area contributed by atoms with Gasteiger partial charge in [0.1, 0.15) is 0 Å². The summed E-state index contributed by atoms with van der Waals surface area (Å²) in [6, 6.07) is 8.90. The fourth-order valence-electron chi connectivity index (χ4n) is 3.52. The summed E-state index contributed by atoms with van der Waals surface area (Å²) in [6.45, 7) is 9.82. The predicted molar refractivity (Wildman–Crippen MR) is 81.9 cm³/mol. The standard InChI is InChI=1S/C17H24N2/c1-2-10-19-14-15(13-18-11-6-3-7-12-18)16-8-4-5-9-17(16)19/h2,4-5,8-9,15H,1,3,6-7,10-14H2. The van der Waals surface area contributed by atoms with Crippen LogP contribution in [0.5, 0.6) is 0 Å². The number of rotatable bonds is 4. The van der Waals surface area contributed by atoms with Crippen LogP contribution in [0.2, 0.25) is 0 Å². The molecular formula is C17H24N2. The number of piperidine rings is 1. The monoisotopic (exact) mass is 256 g/mol. The van der Waals surface area contributed by atoms with Crippen LogP contribution in [0.1, 0.15) is 30.7 Å². The van der Waals surface area contributed by atoms with E-state index in [2.05, 4.69) is 40.6 Å². The Hall–Kier alpha value is -1.28. The Morgan fingerprint density at radius 1 is 1.16 bits per heavy atom. The van der Waals surface area contributed by atoms with Gasteiger partial charge in [-0.05, 0) is 37.6 Å². The number of hydrogen-bond donors (Lipinski definition) is 0. The second kappa shape index (κ2) is 5.79. The molecule has 0 N–H and O–H groups in total. The molecule has 1 aromatic rings. The van der Waals surface area contributed by atoms with E-state index in [0.29, 0.717) is 5.92 Å². The van der Waals surface area contributed by atoms with Crippen LogP contribution in [0.25, 0.3) is 0 Å². The normalized spacial score (nSPS) is 23.4. The van der Waals surface area contributed by atoms with E-state index < -0.39 is 0 Å². The fourth-order valence-corrected chi connectivity index (χ4v) is 3.52. The molecular weight excluding hydrogens is 232 g/mol. The maximum Gasteiger partial charge on any atom is 0.0405 e. The average Bonchev–Trinajstić information content (AvgIpc) is 2.79. The smallest absolute Gasteiger partial charge is 0.0405 e. The SMILES string of the molecule is C=CCN1CC(CN2CCCCC2)c2ccccc21. The minimum absolute atomic E-state index is 0.675. The molecule has 2 nitrogen and oxygen atoms in total. The second-order valence-electron chi connectivity index (χ2n) is 5.81. The molecule has 1 atom stereocenters. The topological polar surface area (TPSA) is 6.48 Å². The van der Waals surface area contributed by atoms with Gasteiger partial charge in [-0.3, -0.25) is 0 Å². The van der Waals surface area contributed by atoms with E-state index in [-0.39, 0.29) is 0 Å². The van der Waals surface area contributed by atoms with Gasteiger partial charge in [0.15, 0.2) is 0 Å². The third-order valence-electron chi connectivity index (χ3n) is 4.43. The van der Waals surface area contributed by atoms with Gasteiger partial charge in [0.05, 0.1) is 0 Å². The highest BCUT2D eigenvalue weighted by Gasteiger charge is 2.29. The third-order valence-corrected chi connectivity index (χ3v) is 4.43. The van der Waals surface area contributed by atoms with Gasteiger partial charge >= 0.3 is 0 Å². The molecule has 2 aliphatic heterocycles. The molecule has 0 saturated carbocycles. The molecule has 0 bridgehead atoms. The van der Waals surface area contributed by atoms with Crippen molar-refractivity contribution in [1.29, 1.82) is 0 Å². The lowest BCUT2D eigenvalue weighted by Crippen LogP contribution is -2.35. The number of anilines is 1. The summed E-state index contributed by atoms with van der Waals surface area (Å²) in [5, 5.41) is 0.